The summed E-state index contributed by atoms with van der Waals surface area (Å²) in [5, 5.41) is 21.3. The Bertz CT molecular complexity index is 596. The molecule has 1 heterocycles. The van der Waals surface area contributed by atoms with E-state index < -0.39 is 11.0 Å². The van der Waals surface area contributed by atoms with Crippen LogP contribution >= 0.6 is 0 Å². The predicted octanol–water partition coefficient (Wildman–Crippen LogP) is 2.63. The van der Waals surface area contributed by atoms with Crippen molar-refractivity contribution in [2.24, 2.45) is 0 Å². The highest BCUT2D eigenvalue weighted by Gasteiger charge is 2.20. The number of nitro benzene ring substituents is 1. The lowest BCUT2D eigenvalue weighted by atomic mass is 9.92. The van der Waals surface area contributed by atoms with Gasteiger partial charge in [-0.1, -0.05) is 19.1 Å². The molecule has 94 valence electrons. The molecule has 0 saturated carbocycles. The second-order valence-corrected chi connectivity index (χ2v) is 4.36. The Balaban J connectivity index is 2.72. The zero-order valence-corrected chi connectivity index (χ0v) is 10.2. The molecule has 1 N–H and O–H groups in total. The van der Waals surface area contributed by atoms with Gasteiger partial charge in [0.25, 0.3) is 5.69 Å². The topological polar surface area (TPSA) is 76.3 Å². The van der Waals surface area contributed by atoms with Gasteiger partial charge in [0.1, 0.15) is 5.52 Å². The number of aliphatic hydroxyl groups excluding tert-OH is 1. The molecule has 1 aromatic heterocycles. The van der Waals surface area contributed by atoms with Gasteiger partial charge < -0.3 is 5.11 Å². The molecule has 0 amide bonds. The smallest absolute Gasteiger partial charge is 0.295 e. The second kappa shape index (κ2) is 4.70. The van der Waals surface area contributed by atoms with E-state index in [9.17, 15) is 15.2 Å². The molecule has 2 unspecified atom stereocenters. The number of rotatable bonds is 3. The normalized spacial score (nSPS) is 14.4. The summed E-state index contributed by atoms with van der Waals surface area (Å²) in [6, 6.07) is 6.68. The molecule has 0 spiro atoms. The van der Waals surface area contributed by atoms with Crippen LogP contribution in [0.25, 0.3) is 10.9 Å². The first-order valence-electron chi connectivity index (χ1n) is 5.72. The van der Waals surface area contributed by atoms with Crippen LogP contribution in [0.2, 0.25) is 0 Å². The van der Waals surface area contributed by atoms with Gasteiger partial charge in [0, 0.05) is 23.6 Å². The van der Waals surface area contributed by atoms with Crippen molar-refractivity contribution < 1.29 is 10.0 Å². The number of aliphatic hydroxyl groups is 1. The molecule has 18 heavy (non-hydrogen) atoms. The lowest BCUT2D eigenvalue weighted by Crippen LogP contribution is -2.11. The molecule has 5 heteroatoms. The first-order chi connectivity index (χ1) is 8.52. The number of nitrogens with zero attached hydrogens (tertiary/aromatic N) is 2. The van der Waals surface area contributed by atoms with Crippen LogP contribution < -0.4 is 0 Å². The molecule has 2 aromatic rings. The van der Waals surface area contributed by atoms with E-state index in [-0.39, 0.29) is 11.6 Å². The van der Waals surface area contributed by atoms with Gasteiger partial charge in [-0.15, -0.1) is 0 Å². The summed E-state index contributed by atoms with van der Waals surface area (Å²) < 4.78 is 0. The number of fused-ring (bicyclic) bond motifs is 1. The van der Waals surface area contributed by atoms with E-state index in [0.29, 0.717) is 5.52 Å². The van der Waals surface area contributed by atoms with Gasteiger partial charge in [-0.05, 0) is 18.6 Å². The lowest BCUT2D eigenvalue weighted by Gasteiger charge is -2.16. The van der Waals surface area contributed by atoms with Crippen LogP contribution in [-0.4, -0.2) is 21.1 Å². The summed E-state index contributed by atoms with van der Waals surface area (Å²) in [5.41, 5.74) is 1.23. The van der Waals surface area contributed by atoms with Crippen LogP contribution in [0.15, 0.2) is 30.5 Å². The average molecular weight is 246 g/mol. The monoisotopic (exact) mass is 246 g/mol. The number of non-ortho nitro benzene ring substituents is 1. The molecule has 0 saturated heterocycles. The SMILES string of the molecule is CC(O)C(C)c1ccc([N+](=O)[O-])c2ncccc12. The number of pyridine rings is 1. The molecule has 0 radical (unpaired) electrons. The van der Waals surface area contributed by atoms with Crippen molar-refractivity contribution in [1.82, 2.24) is 4.98 Å². The third-order valence-electron chi connectivity index (χ3n) is 3.19. The van der Waals surface area contributed by atoms with Crippen LogP contribution in [0.5, 0.6) is 0 Å². The van der Waals surface area contributed by atoms with Crippen LogP contribution in [0.4, 0.5) is 5.69 Å². The van der Waals surface area contributed by atoms with Crippen molar-refractivity contribution >= 4 is 16.6 Å². The van der Waals surface area contributed by atoms with Gasteiger partial charge in [0.05, 0.1) is 11.0 Å². The standard InChI is InChI=1S/C13H14N2O3/c1-8(9(2)16)10-5-6-12(15(17)18)13-11(10)4-3-7-14-13/h3-9,16H,1-2H3. The molecule has 1 aromatic carbocycles. The molecule has 0 aliphatic heterocycles. The van der Waals surface area contributed by atoms with Gasteiger partial charge in [-0.2, -0.15) is 0 Å². The van der Waals surface area contributed by atoms with Crippen molar-refractivity contribution in [3.8, 4) is 0 Å². The fraction of sp³-hybridized carbons (Fsp3) is 0.308. The number of hydrogen-bond donors (Lipinski definition) is 1. The number of hydrogen-bond acceptors (Lipinski definition) is 4. The van der Waals surface area contributed by atoms with Crippen LogP contribution in [0.1, 0.15) is 25.3 Å². The van der Waals surface area contributed by atoms with E-state index in [2.05, 4.69) is 4.98 Å². The van der Waals surface area contributed by atoms with Gasteiger partial charge in [0.15, 0.2) is 0 Å². The van der Waals surface area contributed by atoms with Crippen molar-refractivity contribution in [2.45, 2.75) is 25.9 Å². The first-order valence-corrected chi connectivity index (χ1v) is 5.72. The van der Waals surface area contributed by atoms with Crippen LogP contribution in [-0.2, 0) is 0 Å². The predicted molar refractivity (Wildman–Crippen MR) is 68.5 cm³/mol. The summed E-state index contributed by atoms with van der Waals surface area (Å²) in [5.74, 6) is -0.0995. The Morgan fingerprint density at radius 1 is 1.33 bits per heavy atom. The zero-order valence-electron chi connectivity index (χ0n) is 10.2. The fourth-order valence-electron chi connectivity index (χ4n) is 1.98. The summed E-state index contributed by atoms with van der Waals surface area (Å²) in [6.45, 7) is 3.59. The minimum absolute atomic E-state index is 0.00728. The summed E-state index contributed by atoms with van der Waals surface area (Å²) in [4.78, 5) is 14.6. The van der Waals surface area contributed by atoms with Gasteiger partial charge in [-0.25, -0.2) is 4.98 Å². The molecule has 0 aliphatic rings. The minimum Gasteiger partial charge on any atom is -0.393 e. The summed E-state index contributed by atoms with van der Waals surface area (Å²) in [7, 11) is 0. The zero-order chi connectivity index (χ0) is 13.3. The molecular weight excluding hydrogens is 232 g/mol. The fourth-order valence-corrected chi connectivity index (χ4v) is 1.98. The molecule has 5 nitrogen and oxygen atoms in total. The minimum atomic E-state index is -0.519. The van der Waals surface area contributed by atoms with E-state index >= 15 is 0 Å². The van der Waals surface area contributed by atoms with Gasteiger partial charge in [0.2, 0.25) is 0 Å². The molecule has 0 bridgehead atoms. The third kappa shape index (κ3) is 2.04. The van der Waals surface area contributed by atoms with Crippen LogP contribution in [0.3, 0.4) is 0 Å². The second-order valence-electron chi connectivity index (χ2n) is 4.36. The Morgan fingerprint density at radius 3 is 2.67 bits per heavy atom. The van der Waals surface area contributed by atoms with Crippen molar-refractivity contribution in [3.63, 3.8) is 0 Å². The van der Waals surface area contributed by atoms with E-state index in [1.54, 1.807) is 25.1 Å². The van der Waals surface area contributed by atoms with E-state index in [4.69, 9.17) is 0 Å². The Kier molecular flexibility index (Phi) is 3.25. The molecule has 0 aliphatic carbocycles. The molecule has 2 atom stereocenters. The van der Waals surface area contributed by atoms with Crippen LogP contribution in [0, 0.1) is 10.1 Å². The molecular formula is C13H14N2O3. The highest BCUT2D eigenvalue weighted by Crippen LogP contribution is 2.31. The largest absolute Gasteiger partial charge is 0.393 e. The third-order valence-corrected chi connectivity index (χ3v) is 3.19. The Morgan fingerprint density at radius 2 is 2.06 bits per heavy atom. The molecule has 0 fully saturated rings. The Hall–Kier alpha value is -2.01. The van der Waals surface area contributed by atoms with Gasteiger partial charge >= 0.3 is 0 Å². The summed E-state index contributed by atoms with van der Waals surface area (Å²) >= 11 is 0. The lowest BCUT2D eigenvalue weighted by molar-refractivity contribution is -0.383. The average Bonchev–Trinajstić information content (AvgIpc) is 2.36. The quantitative estimate of drug-likeness (QED) is 0.667. The van der Waals surface area contributed by atoms with E-state index in [1.807, 2.05) is 6.92 Å². The van der Waals surface area contributed by atoms with Crippen molar-refractivity contribution in [2.75, 3.05) is 0 Å². The van der Waals surface area contributed by atoms with E-state index in [1.165, 1.54) is 12.3 Å². The van der Waals surface area contributed by atoms with E-state index in [0.717, 1.165) is 10.9 Å². The Labute approximate surface area is 104 Å². The van der Waals surface area contributed by atoms with Crippen molar-refractivity contribution in [3.05, 3.63) is 46.1 Å². The summed E-state index contributed by atoms with van der Waals surface area (Å²) in [6.07, 6.45) is 1.02. The first kappa shape index (κ1) is 12.4. The maximum Gasteiger partial charge on any atom is 0.295 e. The number of aromatic nitrogens is 1. The maximum atomic E-state index is 10.9. The number of benzene rings is 1. The highest BCUT2D eigenvalue weighted by molar-refractivity contribution is 5.90. The number of nitro groups is 1. The molecule has 2 rings (SSSR count). The van der Waals surface area contributed by atoms with Gasteiger partial charge in [-0.3, -0.25) is 10.1 Å². The maximum absolute atomic E-state index is 10.9. The highest BCUT2D eigenvalue weighted by atomic mass is 16.6. The van der Waals surface area contributed by atoms with Crippen molar-refractivity contribution in [1.29, 1.82) is 0 Å².